The lowest BCUT2D eigenvalue weighted by Crippen LogP contribution is -2.17. The Morgan fingerprint density at radius 1 is 1.32 bits per heavy atom. The van der Waals surface area contributed by atoms with Gasteiger partial charge in [-0.25, -0.2) is 4.79 Å². The summed E-state index contributed by atoms with van der Waals surface area (Å²) in [6.07, 6.45) is -3.48. The molecule has 1 atom stereocenters. The van der Waals surface area contributed by atoms with Crippen LogP contribution in [-0.4, -0.2) is 26.9 Å². The van der Waals surface area contributed by atoms with Crippen molar-refractivity contribution in [3.8, 4) is 5.75 Å². The summed E-state index contributed by atoms with van der Waals surface area (Å²) in [6.45, 7) is 0. The van der Waals surface area contributed by atoms with Crippen LogP contribution in [0.1, 0.15) is 23.2 Å². The zero-order valence-electron chi connectivity index (χ0n) is 9.44. The van der Waals surface area contributed by atoms with Gasteiger partial charge in [0.2, 0.25) is 0 Å². The second-order valence-electron chi connectivity index (χ2n) is 4.04. The maximum atomic E-state index is 12.1. The monoisotopic (exact) mass is 294 g/mol. The highest BCUT2D eigenvalue weighted by Crippen LogP contribution is 2.33. The van der Waals surface area contributed by atoms with Crippen molar-refractivity contribution < 1.29 is 32.0 Å². The van der Waals surface area contributed by atoms with Crippen molar-refractivity contribution in [1.82, 2.24) is 0 Å². The minimum atomic E-state index is -4.92. The first-order valence-electron chi connectivity index (χ1n) is 5.31. The van der Waals surface area contributed by atoms with Crippen molar-refractivity contribution in [2.24, 2.45) is 0 Å². The number of halogens is 3. The highest BCUT2D eigenvalue weighted by atomic mass is 32.2. The van der Waals surface area contributed by atoms with Gasteiger partial charge in [0.1, 0.15) is 5.75 Å². The molecule has 0 bridgehead atoms. The number of alkyl halides is 3. The van der Waals surface area contributed by atoms with E-state index in [4.69, 9.17) is 5.11 Å². The minimum Gasteiger partial charge on any atom is -0.478 e. The zero-order chi connectivity index (χ0) is 14.2. The van der Waals surface area contributed by atoms with Gasteiger partial charge in [-0.15, -0.1) is 13.2 Å². The van der Waals surface area contributed by atoms with E-state index in [1.165, 1.54) is 0 Å². The third-order valence-corrected chi connectivity index (χ3v) is 4.20. The van der Waals surface area contributed by atoms with E-state index in [-0.39, 0.29) is 15.7 Å². The van der Waals surface area contributed by atoms with Gasteiger partial charge < -0.3 is 9.84 Å². The predicted octanol–water partition coefficient (Wildman–Crippen LogP) is 2.55. The van der Waals surface area contributed by atoms with Gasteiger partial charge in [0.25, 0.3) is 0 Å². The van der Waals surface area contributed by atoms with E-state index in [9.17, 15) is 22.2 Å². The molecule has 0 saturated heterocycles. The molecule has 1 fully saturated rings. The molecule has 1 saturated carbocycles. The Morgan fingerprint density at radius 3 is 2.42 bits per heavy atom. The minimum absolute atomic E-state index is 0.0432. The summed E-state index contributed by atoms with van der Waals surface area (Å²) >= 11 is 0. The number of carbonyl (C=O) groups is 1. The highest BCUT2D eigenvalue weighted by molar-refractivity contribution is 7.86. The third kappa shape index (κ3) is 3.69. The molecule has 19 heavy (non-hydrogen) atoms. The van der Waals surface area contributed by atoms with E-state index in [0.29, 0.717) is 0 Å². The lowest BCUT2D eigenvalue weighted by atomic mass is 10.2. The number of hydrogen-bond donors (Lipinski definition) is 1. The van der Waals surface area contributed by atoms with Gasteiger partial charge in [0.05, 0.1) is 16.4 Å². The second-order valence-corrected chi connectivity index (χ2v) is 5.78. The summed E-state index contributed by atoms with van der Waals surface area (Å²) in [4.78, 5) is 10.9. The number of ether oxygens (including phenoxy) is 1. The van der Waals surface area contributed by atoms with Gasteiger partial charge in [-0.3, -0.25) is 4.21 Å². The third-order valence-electron chi connectivity index (χ3n) is 2.42. The molecule has 1 aliphatic carbocycles. The van der Waals surface area contributed by atoms with Crippen LogP contribution in [0.25, 0.3) is 0 Å². The van der Waals surface area contributed by atoms with Crippen molar-refractivity contribution in [2.45, 2.75) is 29.3 Å². The van der Waals surface area contributed by atoms with Gasteiger partial charge in [-0.1, -0.05) is 0 Å². The van der Waals surface area contributed by atoms with Gasteiger partial charge in [-0.05, 0) is 31.0 Å². The molecular formula is C11H9F3O4S. The molecule has 1 aliphatic rings. The number of aromatic carboxylic acids is 1. The fourth-order valence-electron chi connectivity index (χ4n) is 1.48. The molecule has 8 heteroatoms. The van der Waals surface area contributed by atoms with Crippen molar-refractivity contribution in [2.75, 3.05) is 0 Å². The Kier molecular flexibility index (Phi) is 3.53. The molecule has 0 aliphatic heterocycles. The number of benzene rings is 1. The van der Waals surface area contributed by atoms with Crippen LogP contribution in [0.5, 0.6) is 5.75 Å². The van der Waals surface area contributed by atoms with Crippen LogP contribution >= 0.6 is 0 Å². The lowest BCUT2D eigenvalue weighted by Gasteiger charge is -2.11. The van der Waals surface area contributed by atoms with E-state index in [0.717, 1.165) is 31.0 Å². The quantitative estimate of drug-likeness (QED) is 0.927. The average molecular weight is 294 g/mol. The summed E-state index contributed by atoms with van der Waals surface area (Å²) in [5.74, 6) is -2.07. The maximum Gasteiger partial charge on any atom is 0.573 e. The molecule has 1 N–H and O–H groups in total. The van der Waals surface area contributed by atoms with Crippen molar-refractivity contribution >= 4 is 16.8 Å². The normalized spacial score (nSPS) is 17.0. The molecule has 0 spiro atoms. The number of carboxylic acid groups (broad SMARTS) is 1. The Morgan fingerprint density at radius 2 is 1.95 bits per heavy atom. The number of rotatable bonds is 4. The standard InChI is InChI=1S/C11H9F3O4S/c12-11(13,14)18-7-3-6(10(15)16)4-9(5-7)19(17)8-1-2-8/h3-5,8H,1-2H2,(H,15,16). The Hall–Kier alpha value is -1.57. The smallest absolute Gasteiger partial charge is 0.478 e. The van der Waals surface area contributed by atoms with Crippen LogP contribution in [0.2, 0.25) is 0 Å². The van der Waals surface area contributed by atoms with Crippen LogP contribution in [0, 0.1) is 0 Å². The Labute approximate surface area is 108 Å². The van der Waals surface area contributed by atoms with Crippen molar-refractivity contribution in [3.05, 3.63) is 23.8 Å². The number of carboxylic acids is 1. The first kappa shape index (κ1) is 13.9. The predicted molar refractivity (Wildman–Crippen MR) is 59.5 cm³/mol. The first-order chi connectivity index (χ1) is 8.76. The van der Waals surface area contributed by atoms with Crippen LogP contribution in [0.15, 0.2) is 23.1 Å². The molecule has 1 aromatic rings. The molecule has 4 nitrogen and oxygen atoms in total. The van der Waals surface area contributed by atoms with Crippen LogP contribution in [-0.2, 0) is 10.8 Å². The van der Waals surface area contributed by atoms with E-state index < -0.39 is 28.9 Å². The van der Waals surface area contributed by atoms with Crippen LogP contribution < -0.4 is 4.74 Å². The van der Waals surface area contributed by atoms with E-state index >= 15 is 0 Å². The molecule has 0 aromatic heterocycles. The van der Waals surface area contributed by atoms with Crippen LogP contribution in [0.4, 0.5) is 13.2 Å². The molecule has 2 rings (SSSR count). The summed E-state index contributed by atoms with van der Waals surface area (Å²) in [5, 5.41) is 8.72. The second kappa shape index (κ2) is 4.84. The van der Waals surface area contributed by atoms with Gasteiger partial charge in [-0.2, -0.15) is 0 Å². The fourth-order valence-corrected chi connectivity index (χ4v) is 2.90. The van der Waals surface area contributed by atoms with Gasteiger partial charge in [0.15, 0.2) is 0 Å². The first-order valence-corrected chi connectivity index (χ1v) is 6.52. The van der Waals surface area contributed by atoms with E-state index in [2.05, 4.69) is 4.74 Å². The molecule has 0 amide bonds. The zero-order valence-corrected chi connectivity index (χ0v) is 10.3. The van der Waals surface area contributed by atoms with Crippen molar-refractivity contribution in [3.63, 3.8) is 0 Å². The summed E-state index contributed by atoms with van der Waals surface area (Å²) < 4.78 is 52.0. The molecule has 0 radical (unpaired) electrons. The summed E-state index contributed by atoms with van der Waals surface area (Å²) in [7, 11) is -1.50. The van der Waals surface area contributed by atoms with E-state index in [1.807, 2.05) is 0 Å². The SMILES string of the molecule is O=C(O)c1cc(OC(F)(F)F)cc(S(=O)C2CC2)c1. The molecular weight excluding hydrogens is 285 g/mol. The van der Waals surface area contributed by atoms with Gasteiger partial charge in [0, 0.05) is 10.1 Å². The van der Waals surface area contributed by atoms with Crippen molar-refractivity contribution in [1.29, 1.82) is 0 Å². The largest absolute Gasteiger partial charge is 0.573 e. The summed E-state index contributed by atoms with van der Waals surface area (Å²) in [6, 6.07) is 2.83. The summed E-state index contributed by atoms with van der Waals surface area (Å²) in [5.41, 5.74) is -0.384. The fraction of sp³-hybridized carbons (Fsp3) is 0.364. The molecule has 1 unspecified atom stereocenters. The molecule has 0 heterocycles. The topological polar surface area (TPSA) is 63.6 Å². The number of hydrogen-bond acceptors (Lipinski definition) is 3. The average Bonchev–Trinajstić information content (AvgIpc) is 3.08. The molecule has 1 aromatic carbocycles. The van der Waals surface area contributed by atoms with Gasteiger partial charge >= 0.3 is 12.3 Å². The van der Waals surface area contributed by atoms with E-state index in [1.54, 1.807) is 0 Å². The molecule has 104 valence electrons. The highest BCUT2D eigenvalue weighted by Gasteiger charge is 2.33. The lowest BCUT2D eigenvalue weighted by molar-refractivity contribution is -0.274. The van der Waals surface area contributed by atoms with Crippen LogP contribution in [0.3, 0.4) is 0 Å². The Bertz CT molecular complexity index is 537. The Balaban J connectivity index is 2.37. The maximum absolute atomic E-state index is 12.1.